The standard InChI is InChI=1S/C20H17F3N4O/c1-11-25-18-17(26(11)3)15-10-12(19(28)24-2)4-9-16(15)27(18)14-7-5-13(6-8-14)20(21,22)23/h4-10H,1-3H3,(H,24,28). The first kappa shape index (κ1) is 18.1. The predicted octanol–water partition coefficient (Wildman–Crippen LogP) is 4.20. The summed E-state index contributed by atoms with van der Waals surface area (Å²) in [6.07, 6.45) is -4.39. The third-order valence-corrected chi connectivity index (χ3v) is 4.95. The van der Waals surface area contributed by atoms with E-state index in [1.54, 1.807) is 25.2 Å². The summed E-state index contributed by atoms with van der Waals surface area (Å²) >= 11 is 0. The summed E-state index contributed by atoms with van der Waals surface area (Å²) in [5, 5.41) is 3.40. The van der Waals surface area contributed by atoms with Crippen LogP contribution in [0.5, 0.6) is 0 Å². The molecule has 28 heavy (non-hydrogen) atoms. The Bertz CT molecular complexity index is 1220. The van der Waals surface area contributed by atoms with E-state index in [0.717, 1.165) is 34.4 Å². The number of carbonyl (C=O) groups is 1. The lowest BCUT2D eigenvalue weighted by Gasteiger charge is -2.10. The van der Waals surface area contributed by atoms with Crippen LogP contribution >= 0.6 is 0 Å². The smallest absolute Gasteiger partial charge is 0.355 e. The van der Waals surface area contributed by atoms with Crippen molar-refractivity contribution in [3.8, 4) is 5.69 Å². The summed E-state index contributed by atoms with van der Waals surface area (Å²) in [5.74, 6) is 0.550. The van der Waals surface area contributed by atoms with Gasteiger partial charge in [-0.15, -0.1) is 0 Å². The van der Waals surface area contributed by atoms with Crippen LogP contribution in [0.2, 0.25) is 0 Å². The molecule has 1 amide bonds. The summed E-state index contributed by atoms with van der Waals surface area (Å²) in [6, 6.07) is 10.2. The van der Waals surface area contributed by atoms with Crippen molar-refractivity contribution >= 4 is 28.0 Å². The van der Waals surface area contributed by atoms with E-state index in [4.69, 9.17) is 0 Å². The Kier molecular flexibility index (Phi) is 3.95. The second-order valence-electron chi connectivity index (χ2n) is 6.58. The lowest BCUT2D eigenvalue weighted by Crippen LogP contribution is -2.17. The van der Waals surface area contributed by atoms with Gasteiger partial charge in [0, 0.05) is 30.7 Å². The van der Waals surface area contributed by atoms with Gasteiger partial charge in [0.15, 0.2) is 5.65 Å². The average molecular weight is 386 g/mol. The maximum atomic E-state index is 12.9. The lowest BCUT2D eigenvalue weighted by atomic mass is 10.1. The number of imidazole rings is 1. The summed E-state index contributed by atoms with van der Waals surface area (Å²) < 4.78 is 42.5. The highest BCUT2D eigenvalue weighted by molar-refractivity contribution is 6.09. The molecule has 0 saturated carbocycles. The number of alkyl halides is 3. The summed E-state index contributed by atoms with van der Waals surface area (Å²) in [5.41, 5.74) is 2.57. The number of benzene rings is 2. The van der Waals surface area contributed by atoms with Crippen molar-refractivity contribution in [1.82, 2.24) is 19.4 Å². The zero-order valence-corrected chi connectivity index (χ0v) is 15.4. The number of halogens is 3. The van der Waals surface area contributed by atoms with Crippen LogP contribution in [-0.2, 0) is 13.2 Å². The molecule has 0 aliphatic carbocycles. The molecular formula is C20H17F3N4O. The van der Waals surface area contributed by atoms with Crippen LogP contribution in [0.25, 0.3) is 27.8 Å². The van der Waals surface area contributed by atoms with E-state index < -0.39 is 11.7 Å². The highest BCUT2D eigenvalue weighted by Crippen LogP contribution is 2.34. The first-order chi connectivity index (χ1) is 13.2. The van der Waals surface area contributed by atoms with Crippen LogP contribution in [0, 0.1) is 6.92 Å². The van der Waals surface area contributed by atoms with E-state index in [9.17, 15) is 18.0 Å². The number of hydrogen-bond acceptors (Lipinski definition) is 2. The molecule has 5 nitrogen and oxygen atoms in total. The molecule has 0 saturated heterocycles. The van der Waals surface area contributed by atoms with Gasteiger partial charge in [0.05, 0.1) is 16.6 Å². The Labute approximate surface area is 158 Å². The van der Waals surface area contributed by atoms with E-state index in [0.29, 0.717) is 16.9 Å². The van der Waals surface area contributed by atoms with Crippen LogP contribution < -0.4 is 5.32 Å². The molecule has 2 aromatic carbocycles. The van der Waals surface area contributed by atoms with Gasteiger partial charge in [-0.05, 0) is 49.4 Å². The van der Waals surface area contributed by atoms with E-state index in [1.165, 1.54) is 12.1 Å². The van der Waals surface area contributed by atoms with E-state index in [1.807, 2.05) is 23.1 Å². The summed E-state index contributed by atoms with van der Waals surface area (Å²) in [6.45, 7) is 1.85. The normalized spacial score (nSPS) is 12.1. The fraction of sp³-hybridized carbons (Fsp3) is 0.200. The van der Waals surface area contributed by atoms with Gasteiger partial charge >= 0.3 is 6.18 Å². The molecule has 0 unspecified atom stereocenters. The van der Waals surface area contributed by atoms with E-state index >= 15 is 0 Å². The van der Waals surface area contributed by atoms with E-state index in [-0.39, 0.29) is 5.91 Å². The summed E-state index contributed by atoms with van der Waals surface area (Å²) in [4.78, 5) is 16.6. The SMILES string of the molecule is CNC(=O)c1ccc2c(c1)c1c(nc(C)n1C)n2-c1ccc(C(F)(F)F)cc1. The highest BCUT2D eigenvalue weighted by atomic mass is 19.4. The third kappa shape index (κ3) is 2.64. The van der Waals surface area contributed by atoms with Crippen LogP contribution in [0.15, 0.2) is 42.5 Å². The van der Waals surface area contributed by atoms with Gasteiger partial charge in [0.2, 0.25) is 0 Å². The number of hydrogen-bond donors (Lipinski definition) is 1. The van der Waals surface area contributed by atoms with Crippen molar-refractivity contribution in [2.24, 2.45) is 7.05 Å². The Morgan fingerprint density at radius 3 is 2.39 bits per heavy atom. The number of aryl methyl sites for hydroxylation is 2. The minimum atomic E-state index is -4.39. The van der Waals surface area contributed by atoms with Gasteiger partial charge in [-0.3, -0.25) is 9.36 Å². The molecule has 144 valence electrons. The maximum Gasteiger partial charge on any atom is 0.416 e. The highest BCUT2D eigenvalue weighted by Gasteiger charge is 2.30. The van der Waals surface area contributed by atoms with Crippen molar-refractivity contribution in [2.45, 2.75) is 13.1 Å². The first-order valence-corrected chi connectivity index (χ1v) is 8.59. The Morgan fingerprint density at radius 2 is 1.79 bits per heavy atom. The third-order valence-electron chi connectivity index (χ3n) is 4.95. The van der Waals surface area contributed by atoms with Crippen LogP contribution in [0.1, 0.15) is 21.7 Å². The van der Waals surface area contributed by atoms with Crippen molar-refractivity contribution < 1.29 is 18.0 Å². The van der Waals surface area contributed by atoms with Gasteiger partial charge in [-0.25, -0.2) is 4.98 Å². The molecule has 0 radical (unpaired) electrons. The Hall–Kier alpha value is -3.29. The molecular weight excluding hydrogens is 369 g/mol. The zero-order valence-electron chi connectivity index (χ0n) is 15.4. The fourth-order valence-corrected chi connectivity index (χ4v) is 3.43. The Balaban J connectivity index is 2.02. The average Bonchev–Trinajstić information content (AvgIpc) is 3.13. The zero-order chi connectivity index (χ0) is 20.2. The minimum Gasteiger partial charge on any atom is -0.355 e. The van der Waals surface area contributed by atoms with E-state index in [2.05, 4.69) is 10.3 Å². The number of nitrogens with one attached hydrogen (secondary N) is 1. The topological polar surface area (TPSA) is 51.9 Å². The fourth-order valence-electron chi connectivity index (χ4n) is 3.43. The molecule has 0 bridgehead atoms. The number of carbonyl (C=O) groups excluding carboxylic acids is 1. The van der Waals surface area contributed by atoms with Crippen LogP contribution in [-0.4, -0.2) is 27.1 Å². The lowest BCUT2D eigenvalue weighted by molar-refractivity contribution is -0.137. The molecule has 2 heterocycles. The van der Waals surface area contributed by atoms with Crippen molar-refractivity contribution in [2.75, 3.05) is 7.05 Å². The van der Waals surface area contributed by atoms with Crippen molar-refractivity contribution in [1.29, 1.82) is 0 Å². The molecule has 4 rings (SSSR count). The van der Waals surface area contributed by atoms with Crippen LogP contribution in [0.3, 0.4) is 0 Å². The van der Waals surface area contributed by atoms with Crippen molar-refractivity contribution in [3.05, 3.63) is 59.4 Å². The summed E-state index contributed by atoms with van der Waals surface area (Å²) in [7, 11) is 3.43. The van der Waals surface area contributed by atoms with Crippen molar-refractivity contribution in [3.63, 3.8) is 0 Å². The van der Waals surface area contributed by atoms with Gasteiger partial charge in [-0.2, -0.15) is 13.2 Å². The molecule has 0 aliphatic rings. The predicted molar refractivity (Wildman–Crippen MR) is 101 cm³/mol. The largest absolute Gasteiger partial charge is 0.416 e. The number of aromatic nitrogens is 3. The van der Waals surface area contributed by atoms with Gasteiger partial charge in [0.25, 0.3) is 5.91 Å². The molecule has 0 aliphatic heterocycles. The minimum absolute atomic E-state index is 0.212. The molecule has 8 heteroatoms. The molecule has 0 spiro atoms. The first-order valence-electron chi connectivity index (χ1n) is 8.59. The van der Waals surface area contributed by atoms with Gasteiger partial charge in [-0.1, -0.05) is 0 Å². The number of amides is 1. The molecule has 0 fully saturated rings. The quantitative estimate of drug-likeness (QED) is 0.561. The number of rotatable bonds is 2. The number of nitrogens with zero attached hydrogens (tertiary/aromatic N) is 3. The van der Waals surface area contributed by atoms with Gasteiger partial charge < -0.3 is 9.88 Å². The molecule has 1 N–H and O–H groups in total. The second kappa shape index (κ2) is 6.12. The Morgan fingerprint density at radius 1 is 1.11 bits per heavy atom. The molecule has 0 atom stereocenters. The molecule has 4 aromatic rings. The molecule has 2 aromatic heterocycles. The number of fused-ring (bicyclic) bond motifs is 3. The van der Waals surface area contributed by atoms with Crippen LogP contribution in [0.4, 0.5) is 13.2 Å². The van der Waals surface area contributed by atoms with Gasteiger partial charge in [0.1, 0.15) is 5.82 Å². The maximum absolute atomic E-state index is 12.9. The monoisotopic (exact) mass is 386 g/mol. The second-order valence-corrected chi connectivity index (χ2v) is 6.58.